The van der Waals surface area contributed by atoms with Gasteiger partial charge in [-0.2, -0.15) is 0 Å². The lowest BCUT2D eigenvalue weighted by atomic mass is 10.2. The number of carbonyl (C=O) groups excluding carboxylic acids is 1. The molecule has 0 saturated heterocycles. The molecule has 1 unspecified atom stereocenters. The maximum Gasteiger partial charge on any atom is 0.255 e. The molecule has 1 aromatic heterocycles. The third-order valence-electron chi connectivity index (χ3n) is 2.12. The fourth-order valence-corrected chi connectivity index (χ4v) is 1.39. The van der Waals surface area contributed by atoms with Gasteiger partial charge in [-0.05, 0) is 18.6 Å². The second kappa shape index (κ2) is 5.85. The van der Waals surface area contributed by atoms with E-state index in [1.165, 1.54) is 0 Å². The Labute approximate surface area is 98.6 Å². The maximum absolute atomic E-state index is 11.8. The number of alkyl halides is 1. The van der Waals surface area contributed by atoms with Crippen LogP contribution in [0.15, 0.2) is 24.5 Å². The zero-order chi connectivity index (χ0) is 11.3. The molecule has 0 saturated carbocycles. The number of amides is 1. The van der Waals surface area contributed by atoms with Crippen molar-refractivity contribution < 1.29 is 4.79 Å². The lowest BCUT2D eigenvalue weighted by molar-refractivity contribution is 0.0793. The molecule has 1 rings (SSSR count). The second-order valence-electron chi connectivity index (χ2n) is 3.54. The SMILES string of the molecule is CC(Br)CCN(C)C(=O)c1cccnc1. The monoisotopic (exact) mass is 270 g/mol. The Kier molecular flexibility index (Phi) is 4.75. The van der Waals surface area contributed by atoms with Crippen LogP contribution in [0.4, 0.5) is 0 Å². The van der Waals surface area contributed by atoms with Crippen molar-refractivity contribution in [2.45, 2.75) is 18.2 Å². The summed E-state index contributed by atoms with van der Waals surface area (Å²) in [5.41, 5.74) is 0.641. The molecule has 15 heavy (non-hydrogen) atoms. The molecule has 0 aliphatic rings. The zero-order valence-corrected chi connectivity index (χ0v) is 10.6. The van der Waals surface area contributed by atoms with E-state index in [-0.39, 0.29) is 5.91 Å². The Morgan fingerprint density at radius 1 is 1.67 bits per heavy atom. The molecular formula is C11H15BrN2O. The van der Waals surface area contributed by atoms with Crippen LogP contribution in [-0.4, -0.2) is 34.2 Å². The molecule has 0 aliphatic carbocycles. The van der Waals surface area contributed by atoms with Crippen LogP contribution < -0.4 is 0 Å². The standard InChI is InChI=1S/C11H15BrN2O/c1-9(12)5-7-14(2)11(15)10-4-3-6-13-8-10/h3-4,6,8-9H,5,7H2,1-2H3. The Hall–Kier alpha value is -0.900. The number of pyridine rings is 1. The molecule has 0 aliphatic heterocycles. The van der Waals surface area contributed by atoms with E-state index >= 15 is 0 Å². The molecule has 1 atom stereocenters. The maximum atomic E-state index is 11.8. The molecule has 4 heteroatoms. The van der Waals surface area contributed by atoms with Crippen LogP contribution in [0.3, 0.4) is 0 Å². The minimum Gasteiger partial charge on any atom is -0.342 e. The highest BCUT2D eigenvalue weighted by atomic mass is 79.9. The molecule has 0 N–H and O–H groups in total. The molecule has 0 aromatic carbocycles. The van der Waals surface area contributed by atoms with Crippen LogP contribution in [0, 0.1) is 0 Å². The van der Waals surface area contributed by atoms with Crippen molar-refractivity contribution in [2.24, 2.45) is 0 Å². The van der Waals surface area contributed by atoms with Gasteiger partial charge in [0, 0.05) is 30.8 Å². The summed E-state index contributed by atoms with van der Waals surface area (Å²) >= 11 is 3.46. The van der Waals surface area contributed by atoms with Crippen LogP contribution in [0.1, 0.15) is 23.7 Å². The summed E-state index contributed by atoms with van der Waals surface area (Å²) in [5.74, 6) is 0.0243. The Morgan fingerprint density at radius 3 is 2.93 bits per heavy atom. The normalized spacial score (nSPS) is 12.2. The summed E-state index contributed by atoms with van der Waals surface area (Å²) in [6.45, 7) is 2.82. The van der Waals surface area contributed by atoms with Crippen molar-refractivity contribution in [1.82, 2.24) is 9.88 Å². The Balaban J connectivity index is 2.54. The number of hydrogen-bond donors (Lipinski definition) is 0. The molecular weight excluding hydrogens is 256 g/mol. The van der Waals surface area contributed by atoms with Crippen molar-refractivity contribution in [3.63, 3.8) is 0 Å². The number of rotatable bonds is 4. The zero-order valence-electron chi connectivity index (χ0n) is 8.98. The number of nitrogens with zero attached hydrogens (tertiary/aromatic N) is 2. The summed E-state index contributed by atoms with van der Waals surface area (Å²) in [6, 6.07) is 3.55. The van der Waals surface area contributed by atoms with Gasteiger partial charge < -0.3 is 4.90 Å². The van der Waals surface area contributed by atoms with Crippen LogP contribution in [0.5, 0.6) is 0 Å². The lowest BCUT2D eigenvalue weighted by Gasteiger charge is -2.17. The molecule has 1 heterocycles. The third-order valence-corrected chi connectivity index (χ3v) is 2.58. The van der Waals surface area contributed by atoms with Crippen molar-refractivity contribution in [1.29, 1.82) is 0 Å². The summed E-state index contributed by atoms with van der Waals surface area (Å²) in [6.07, 6.45) is 4.20. The van der Waals surface area contributed by atoms with E-state index in [1.54, 1.807) is 29.4 Å². The minimum atomic E-state index is 0.0243. The molecule has 0 fully saturated rings. The van der Waals surface area contributed by atoms with Crippen LogP contribution in [0.2, 0.25) is 0 Å². The van der Waals surface area contributed by atoms with Gasteiger partial charge in [0.2, 0.25) is 0 Å². The number of halogens is 1. The Morgan fingerprint density at radius 2 is 2.40 bits per heavy atom. The molecule has 1 aromatic rings. The van der Waals surface area contributed by atoms with E-state index in [2.05, 4.69) is 27.8 Å². The van der Waals surface area contributed by atoms with Gasteiger partial charge >= 0.3 is 0 Å². The minimum absolute atomic E-state index is 0.0243. The van der Waals surface area contributed by atoms with E-state index < -0.39 is 0 Å². The first-order valence-electron chi connectivity index (χ1n) is 4.91. The van der Waals surface area contributed by atoms with Crippen LogP contribution in [-0.2, 0) is 0 Å². The van der Waals surface area contributed by atoms with Gasteiger partial charge in [-0.1, -0.05) is 22.9 Å². The van der Waals surface area contributed by atoms with Crippen LogP contribution >= 0.6 is 15.9 Å². The average molecular weight is 271 g/mol. The first-order chi connectivity index (χ1) is 7.11. The third kappa shape index (κ3) is 4.00. The summed E-state index contributed by atoms with van der Waals surface area (Å²) in [4.78, 5) is 17.9. The first-order valence-corrected chi connectivity index (χ1v) is 5.82. The highest BCUT2D eigenvalue weighted by molar-refractivity contribution is 9.09. The van der Waals surface area contributed by atoms with E-state index in [0.717, 1.165) is 13.0 Å². The molecule has 0 spiro atoms. The summed E-state index contributed by atoms with van der Waals surface area (Å²) in [5, 5.41) is 0. The van der Waals surface area contributed by atoms with E-state index in [0.29, 0.717) is 10.4 Å². The second-order valence-corrected chi connectivity index (χ2v) is 5.10. The predicted molar refractivity (Wildman–Crippen MR) is 64.2 cm³/mol. The number of aromatic nitrogens is 1. The Bertz CT molecular complexity index is 314. The van der Waals surface area contributed by atoms with Gasteiger partial charge in [-0.3, -0.25) is 9.78 Å². The summed E-state index contributed by atoms with van der Waals surface area (Å²) < 4.78 is 0. The molecule has 3 nitrogen and oxygen atoms in total. The highest BCUT2D eigenvalue weighted by Crippen LogP contribution is 2.06. The fourth-order valence-electron chi connectivity index (χ4n) is 1.18. The first kappa shape index (κ1) is 12.2. The lowest BCUT2D eigenvalue weighted by Crippen LogP contribution is -2.28. The molecule has 1 amide bonds. The van der Waals surface area contributed by atoms with E-state index in [1.807, 2.05) is 7.05 Å². The topological polar surface area (TPSA) is 33.2 Å². The number of carbonyl (C=O) groups is 1. The van der Waals surface area contributed by atoms with Gasteiger partial charge in [-0.15, -0.1) is 0 Å². The fraction of sp³-hybridized carbons (Fsp3) is 0.455. The van der Waals surface area contributed by atoms with Crippen molar-refractivity contribution in [2.75, 3.05) is 13.6 Å². The van der Waals surface area contributed by atoms with E-state index in [9.17, 15) is 4.79 Å². The van der Waals surface area contributed by atoms with Crippen molar-refractivity contribution in [3.8, 4) is 0 Å². The van der Waals surface area contributed by atoms with Gasteiger partial charge in [0.05, 0.1) is 5.56 Å². The predicted octanol–water partition coefficient (Wildman–Crippen LogP) is 2.33. The molecule has 82 valence electrons. The van der Waals surface area contributed by atoms with E-state index in [4.69, 9.17) is 0 Å². The highest BCUT2D eigenvalue weighted by Gasteiger charge is 2.11. The smallest absolute Gasteiger partial charge is 0.255 e. The van der Waals surface area contributed by atoms with Crippen LogP contribution in [0.25, 0.3) is 0 Å². The average Bonchev–Trinajstić information content (AvgIpc) is 2.26. The van der Waals surface area contributed by atoms with Gasteiger partial charge in [0.25, 0.3) is 5.91 Å². The van der Waals surface area contributed by atoms with Gasteiger partial charge in [0.15, 0.2) is 0 Å². The summed E-state index contributed by atoms with van der Waals surface area (Å²) in [7, 11) is 1.81. The van der Waals surface area contributed by atoms with Crippen molar-refractivity contribution >= 4 is 21.8 Å². The van der Waals surface area contributed by atoms with Crippen molar-refractivity contribution in [3.05, 3.63) is 30.1 Å². The van der Waals surface area contributed by atoms with Gasteiger partial charge in [-0.25, -0.2) is 0 Å². The molecule has 0 bridgehead atoms. The van der Waals surface area contributed by atoms with Gasteiger partial charge in [0.1, 0.15) is 0 Å². The number of hydrogen-bond acceptors (Lipinski definition) is 2. The molecule has 0 radical (unpaired) electrons. The largest absolute Gasteiger partial charge is 0.342 e. The quantitative estimate of drug-likeness (QED) is 0.787.